The Morgan fingerprint density at radius 1 is 0.950 bits per heavy atom. The molecule has 3 rings (SSSR count). The molecule has 0 saturated carbocycles. The van der Waals surface area contributed by atoms with Gasteiger partial charge in [0, 0.05) is 30.9 Å². The Balaban J connectivity index is 1.85. The smallest absolute Gasteiger partial charge is 0.253 e. The Morgan fingerprint density at radius 2 is 1.70 bits per heavy atom. The molecule has 5 heteroatoms. The van der Waals surface area contributed by atoms with Crippen LogP contribution in [0.5, 0.6) is 0 Å². The summed E-state index contributed by atoms with van der Waals surface area (Å²) in [5.74, 6) is 0.139. The van der Waals surface area contributed by atoms with Crippen LogP contribution in [-0.2, 0) is 14.3 Å². The van der Waals surface area contributed by atoms with E-state index in [4.69, 9.17) is 4.74 Å². The molecule has 0 bridgehead atoms. The Hall–Kier alpha value is -1.88. The topological polar surface area (TPSA) is 49.9 Å². The highest BCUT2D eigenvalue weighted by Gasteiger charge is 2.23. The number of morpholine rings is 1. The van der Waals surface area contributed by atoms with Crippen LogP contribution in [0.25, 0.3) is 0 Å². The fourth-order valence-corrected chi connectivity index (χ4v) is 2.70. The molecule has 2 amide bonds. The lowest BCUT2D eigenvalue weighted by Crippen LogP contribution is -2.42. The van der Waals surface area contributed by atoms with Crippen LogP contribution in [0.4, 0.5) is 11.4 Å². The summed E-state index contributed by atoms with van der Waals surface area (Å²) in [6.07, 6.45) is 2.62. The molecular weight excluding hydrogens is 256 g/mol. The second-order valence-corrected chi connectivity index (χ2v) is 5.12. The van der Waals surface area contributed by atoms with Crippen molar-refractivity contribution < 1.29 is 14.3 Å². The van der Waals surface area contributed by atoms with Gasteiger partial charge in [0.05, 0.1) is 6.61 Å². The van der Waals surface area contributed by atoms with E-state index in [2.05, 4.69) is 0 Å². The molecule has 2 aliphatic rings. The number of hydrogen-bond acceptors (Lipinski definition) is 3. The summed E-state index contributed by atoms with van der Waals surface area (Å²) in [5, 5.41) is 0. The standard InChI is InChI=1S/C15H18N2O3/c18-14-6-1-2-7-16(14)12-4-3-5-13(10-12)17-8-9-20-11-15(17)19/h3-5,10H,1-2,6-9,11H2. The first kappa shape index (κ1) is 13.1. The van der Waals surface area contributed by atoms with Crippen molar-refractivity contribution in [3.8, 4) is 0 Å². The molecule has 0 radical (unpaired) electrons. The number of ether oxygens (including phenoxy) is 1. The molecule has 0 aromatic heterocycles. The third kappa shape index (κ3) is 2.54. The second kappa shape index (κ2) is 5.63. The van der Waals surface area contributed by atoms with Gasteiger partial charge in [-0.25, -0.2) is 0 Å². The fourth-order valence-electron chi connectivity index (χ4n) is 2.70. The summed E-state index contributed by atoms with van der Waals surface area (Å²) >= 11 is 0. The van der Waals surface area contributed by atoms with E-state index in [0.717, 1.165) is 30.8 Å². The highest BCUT2D eigenvalue weighted by atomic mass is 16.5. The number of anilines is 2. The minimum Gasteiger partial charge on any atom is -0.370 e. The summed E-state index contributed by atoms with van der Waals surface area (Å²) in [5.41, 5.74) is 1.72. The summed E-state index contributed by atoms with van der Waals surface area (Å²) in [6, 6.07) is 7.65. The van der Waals surface area contributed by atoms with Gasteiger partial charge in [-0.15, -0.1) is 0 Å². The number of carbonyl (C=O) groups is 2. The SMILES string of the molecule is O=C1CCCCN1c1cccc(N2CCOCC2=O)c1. The van der Waals surface area contributed by atoms with E-state index in [9.17, 15) is 9.59 Å². The van der Waals surface area contributed by atoms with E-state index in [1.165, 1.54) is 0 Å². The van der Waals surface area contributed by atoms with Crippen molar-refractivity contribution >= 4 is 23.2 Å². The lowest BCUT2D eigenvalue weighted by atomic mass is 10.1. The van der Waals surface area contributed by atoms with Crippen LogP contribution in [0.2, 0.25) is 0 Å². The molecule has 20 heavy (non-hydrogen) atoms. The molecule has 2 fully saturated rings. The van der Waals surface area contributed by atoms with E-state index in [-0.39, 0.29) is 18.4 Å². The molecule has 0 aliphatic carbocycles. The van der Waals surface area contributed by atoms with Crippen molar-refractivity contribution in [2.75, 3.05) is 36.1 Å². The van der Waals surface area contributed by atoms with Gasteiger partial charge in [-0.1, -0.05) is 6.07 Å². The number of hydrogen-bond donors (Lipinski definition) is 0. The third-order valence-corrected chi connectivity index (χ3v) is 3.76. The maximum atomic E-state index is 12.0. The van der Waals surface area contributed by atoms with Gasteiger partial charge in [0.1, 0.15) is 6.61 Å². The Morgan fingerprint density at radius 3 is 2.40 bits per heavy atom. The van der Waals surface area contributed by atoms with Crippen molar-refractivity contribution in [2.24, 2.45) is 0 Å². The molecule has 5 nitrogen and oxygen atoms in total. The molecule has 2 aliphatic heterocycles. The number of nitrogens with zero attached hydrogens (tertiary/aromatic N) is 2. The summed E-state index contributed by atoms with van der Waals surface area (Å²) in [4.78, 5) is 27.4. The zero-order valence-corrected chi connectivity index (χ0v) is 11.4. The lowest BCUT2D eigenvalue weighted by Gasteiger charge is -2.30. The predicted octanol–water partition coefficient (Wildman–Crippen LogP) is 1.57. The van der Waals surface area contributed by atoms with Gasteiger partial charge in [0.15, 0.2) is 0 Å². The third-order valence-electron chi connectivity index (χ3n) is 3.76. The molecule has 1 aromatic carbocycles. The van der Waals surface area contributed by atoms with Gasteiger partial charge in [-0.3, -0.25) is 9.59 Å². The second-order valence-electron chi connectivity index (χ2n) is 5.12. The van der Waals surface area contributed by atoms with Crippen LogP contribution in [0, 0.1) is 0 Å². The Labute approximate surface area is 118 Å². The maximum absolute atomic E-state index is 12.0. The van der Waals surface area contributed by atoms with Gasteiger partial charge in [-0.05, 0) is 31.0 Å². The highest BCUT2D eigenvalue weighted by Crippen LogP contribution is 2.26. The van der Waals surface area contributed by atoms with E-state index < -0.39 is 0 Å². The average Bonchev–Trinajstić information content (AvgIpc) is 2.48. The van der Waals surface area contributed by atoms with Crippen LogP contribution in [0.15, 0.2) is 24.3 Å². The van der Waals surface area contributed by atoms with E-state index in [0.29, 0.717) is 19.6 Å². The molecule has 0 unspecified atom stereocenters. The molecule has 106 valence electrons. The summed E-state index contributed by atoms with van der Waals surface area (Å²) in [7, 11) is 0. The Kier molecular flexibility index (Phi) is 3.69. The van der Waals surface area contributed by atoms with Gasteiger partial charge < -0.3 is 14.5 Å². The van der Waals surface area contributed by atoms with Crippen LogP contribution in [0.3, 0.4) is 0 Å². The number of rotatable bonds is 2. The van der Waals surface area contributed by atoms with Gasteiger partial charge >= 0.3 is 0 Å². The zero-order valence-electron chi connectivity index (χ0n) is 11.4. The summed E-state index contributed by atoms with van der Waals surface area (Å²) in [6.45, 7) is 2.01. The molecule has 2 saturated heterocycles. The Bertz CT molecular complexity index is 486. The monoisotopic (exact) mass is 274 g/mol. The first-order valence-electron chi connectivity index (χ1n) is 7.04. The van der Waals surface area contributed by atoms with E-state index in [1.807, 2.05) is 29.2 Å². The van der Waals surface area contributed by atoms with Gasteiger partial charge in [0.25, 0.3) is 5.91 Å². The maximum Gasteiger partial charge on any atom is 0.253 e. The minimum absolute atomic E-state index is 0.0293. The molecular formula is C15H18N2O3. The largest absolute Gasteiger partial charge is 0.370 e. The molecule has 1 aromatic rings. The summed E-state index contributed by atoms with van der Waals surface area (Å²) < 4.78 is 5.14. The minimum atomic E-state index is -0.0293. The van der Waals surface area contributed by atoms with Crippen LogP contribution < -0.4 is 9.80 Å². The zero-order chi connectivity index (χ0) is 13.9. The van der Waals surface area contributed by atoms with Crippen molar-refractivity contribution in [2.45, 2.75) is 19.3 Å². The van der Waals surface area contributed by atoms with Crippen molar-refractivity contribution in [3.63, 3.8) is 0 Å². The number of amides is 2. The quantitative estimate of drug-likeness (QED) is 0.822. The van der Waals surface area contributed by atoms with Gasteiger partial charge in [0.2, 0.25) is 5.91 Å². The fraction of sp³-hybridized carbons (Fsp3) is 0.467. The van der Waals surface area contributed by atoms with Crippen LogP contribution >= 0.6 is 0 Å². The average molecular weight is 274 g/mol. The normalized spacial score (nSPS) is 20.4. The molecule has 2 heterocycles. The number of benzene rings is 1. The number of carbonyl (C=O) groups excluding carboxylic acids is 2. The highest BCUT2D eigenvalue weighted by molar-refractivity contribution is 5.97. The van der Waals surface area contributed by atoms with Crippen LogP contribution in [0.1, 0.15) is 19.3 Å². The molecule has 0 atom stereocenters. The first-order valence-corrected chi connectivity index (χ1v) is 7.04. The van der Waals surface area contributed by atoms with E-state index in [1.54, 1.807) is 4.90 Å². The molecule has 0 spiro atoms. The van der Waals surface area contributed by atoms with Crippen molar-refractivity contribution in [1.29, 1.82) is 0 Å². The van der Waals surface area contributed by atoms with Crippen molar-refractivity contribution in [3.05, 3.63) is 24.3 Å². The van der Waals surface area contributed by atoms with Gasteiger partial charge in [-0.2, -0.15) is 0 Å². The number of piperidine rings is 1. The molecule has 0 N–H and O–H groups in total. The van der Waals surface area contributed by atoms with E-state index >= 15 is 0 Å². The van der Waals surface area contributed by atoms with Crippen LogP contribution in [-0.4, -0.2) is 38.1 Å². The lowest BCUT2D eigenvalue weighted by molar-refractivity contribution is -0.125. The first-order chi connectivity index (χ1) is 9.75. The predicted molar refractivity (Wildman–Crippen MR) is 75.8 cm³/mol. The van der Waals surface area contributed by atoms with Crippen molar-refractivity contribution in [1.82, 2.24) is 0 Å².